The minimum atomic E-state index is -0.366. The zero-order valence-electron chi connectivity index (χ0n) is 10.4. The van der Waals surface area contributed by atoms with Gasteiger partial charge < -0.3 is 10.7 Å². The van der Waals surface area contributed by atoms with Gasteiger partial charge in [-0.25, -0.2) is 0 Å². The van der Waals surface area contributed by atoms with Gasteiger partial charge in [0.15, 0.2) is 0 Å². The van der Waals surface area contributed by atoms with E-state index in [4.69, 9.17) is 5.73 Å². The van der Waals surface area contributed by atoms with E-state index < -0.39 is 0 Å². The van der Waals surface area contributed by atoms with Crippen molar-refractivity contribution in [3.63, 3.8) is 0 Å². The number of para-hydroxylation sites is 1. The van der Waals surface area contributed by atoms with E-state index in [9.17, 15) is 10.1 Å². The Balaban J connectivity index is 2.04. The molecule has 1 heterocycles. The molecule has 3 N–H and O–H groups in total. The summed E-state index contributed by atoms with van der Waals surface area (Å²) in [6.07, 6.45) is 1.84. The lowest BCUT2D eigenvalue weighted by Gasteiger charge is -2.01. The van der Waals surface area contributed by atoms with Gasteiger partial charge in [-0.15, -0.1) is 0 Å². The van der Waals surface area contributed by atoms with Crippen molar-refractivity contribution in [2.45, 2.75) is 9.79 Å². The van der Waals surface area contributed by atoms with E-state index in [0.717, 1.165) is 15.8 Å². The van der Waals surface area contributed by atoms with Gasteiger partial charge in [0, 0.05) is 33.7 Å². The molecule has 100 valence electrons. The molecule has 0 aliphatic heterocycles. The molecule has 0 bridgehead atoms. The van der Waals surface area contributed by atoms with Crippen molar-refractivity contribution in [2.24, 2.45) is 0 Å². The second kappa shape index (κ2) is 4.90. The Morgan fingerprint density at radius 1 is 1.15 bits per heavy atom. The Kier molecular flexibility index (Phi) is 3.08. The average molecular weight is 285 g/mol. The fraction of sp³-hybridized carbons (Fsp3) is 0. The lowest BCUT2D eigenvalue weighted by atomic mass is 10.2. The summed E-state index contributed by atoms with van der Waals surface area (Å²) in [5, 5.41) is 12.0. The highest BCUT2D eigenvalue weighted by molar-refractivity contribution is 7.99. The summed E-state index contributed by atoms with van der Waals surface area (Å²) in [4.78, 5) is 15.3. The van der Waals surface area contributed by atoms with Gasteiger partial charge in [-0.3, -0.25) is 10.1 Å². The Morgan fingerprint density at radius 2 is 1.95 bits per heavy atom. The number of nitro benzene ring substituents is 1. The van der Waals surface area contributed by atoms with E-state index in [1.54, 1.807) is 18.2 Å². The second-order valence-electron chi connectivity index (χ2n) is 4.28. The molecule has 0 aliphatic carbocycles. The fourth-order valence-electron chi connectivity index (χ4n) is 2.01. The maximum Gasteiger partial charge on any atom is 0.283 e. The lowest BCUT2D eigenvalue weighted by Crippen LogP contribution is -1.89. The van der Waals surface area contributed by atoms with Crippen molar-refractivity contribution in [1.29, 1.82) is 0 Å². The van der Waals surface area contributed by atoms with Crippen molar-refractivity contribution < 1.29 is 4.92 Å². The number of H-pyrrole nitrogens is 1. The third kappa shape index (κ3) is 2.21. The number of aromatic nitrogens is 1. The molecule has 0 atom stereocenters. The molecule has 20 heavy (non-hydrogen) atoms. The molecule has 0 saturated carbocycles. The number of nitrogens with one attached hydrogen (secondary N) is 1. The molecule has 0 aliphatic rings. The van der Waals surface area contributed by atoms with E-state index in [0.29, 0.717) is 10.6 Å². The van der Waals surface area contributed by atoms with Crippen molar-refractivity contribution in [1.82, 2.24) is 4.98 Å². The highest BCUT2D eigenvalue weighted by Gasteiger charge is 2.15. The number of aromatic amines is 1. The van der Waals surface area contributed by atoms with E-state index in [1.165, 1.54) is 17.8 Å². The second-order valence-corrected chi connectivity index (χ2v) is 5.37. The Labute approximate surface area is 118 Å². The van der Waals surface area contributed by atoms with E-state index in [1.807, 2.05) is 24.4 Å². The number of anilines is 1. The standard InChI is InChI=1S/C14H11N3O2S/c15-9-5-6-10-11(7-9)16-8-14(10)20-13-4-2-1-3-12(13)17(18)19/h1-8,16H,15H2. The first-order chi connectivity index (χ1) is 9.65. The number of hydrogen-bond acceptors (Lipinski definition) is 4. The third-order valence-corrected chi connectivity index (χ3v) is 4.07. The van der Waals surface area contributed by atoms with Crippen molar-refractivity contribution in [2.75, 3.05) is 5.73 Å². The smallest absolute Gasteiger partial charge is 0.283 e. The molecule has 0 saturated heterocycles. The molecule has 0 radical (unpaired) electrons. The summed E-state index contributed by atoms with van der Waals surface area (Å²) in [7, 11) is 0. The first-order valence-electron chi connectivity index (χ1n) is 5.93. The van der Waals surface area contributed by atoms with Crippen LogP contribution >= 0.6 is 11.8 Å². The van der Waals surface area contributed by atoms with Crippen LogP contribution in [0.1, 0.15) is 0 Å². The van der Waals surface area contributed by atoms with Crippen molar-refractivity contribution in [3.05, 3.63) is 58.8 Å². The maximum absolute atomic E-state index is 11.0. The maximum atomic E-state index is 11.0. The Morgan fingerprint density at radius 3 is 2.75 bits per heavy atom. The van der Waals surface area contributed by atoms with Crippen LogP contribution < -0.4 is 5.73 Å². The van der Waals surface area contributed by atoms with E-state index in [2.05, 4.69) is 4.98 Å². The van der Waals surface area contributed by atoms with Crippen LogP contribution in [0.5, 0.6) is 0 Å². The van der Waals surface area contributed by atoms with Gasteiger partial charge in [-0.1, -0.05) is 23.9 Å². The van der Waals surface area contributed by atoms with E-state index in [-0.39, 0.29) is 10.6 Å². The number of fused-ring (bicyclic) bond motifs is 1. The molecule has 2 aromatic carbocycles. The first-order valence-corrected chi connectivity index (χ1v) is 6.74. The summed E-state index contributed by atoms with van der Waals surface area (Å²) in [6, 6.07) is 12.3. The fourth-order valence-corrected chi connectivity index (χ4v) is 3.05. The summed E-state index contributed by atoms with van der Waals surface area (Å²) < 4.78 is 0. The van der Waals surface area contributed by atoms with Crippen LogP contribution in [0.3, 0.4) is 0 Å². The highest BCUT2D eigenvalue weighted by Crippen LogP contribution is 2.38. The van der Waals surface area contributed by atoms with Crippen LogP contribution in [-0.4, -0.2) is 9.91 Å². The van der Waals surface area contributed by atoms with E-state index >= 15 is 0 Å². The molecule has 0 amide bonds. The molecule has 6 heteroatoms. The number of nitrogens with two attached hydrogens (primary N) is 1. The summed E-state index contributed by atoms with van der Waals surface area (Å²) in [5.74, 6) is 0. The van der Waals surface area contributed by atoms with Gasteiger partial charge in [0.05, 0.1) is 9.82 Å². The van der Waals surface area contributed by atoms with Crippen molar-refractivity contribution in [3.8, 4) is 0 Å². The van der Waals surface area contributed by atoms with Gasteiger partial charge in [0.1, 0.15) is 0 Å². The summed E-state index contributed by atoms with van der Waals surface area (Å²) in [5.41, 5.74) is 7.45. The van der Waals surface area contributed by atoms with Crippen LogP contribution in [0.25, 0.3) is 10.9 Å². The molecule has 1 aromatic heterocycles. The zero-order chi connectivity index (χ0) is 14.1. The minimum absolute atomic E-state index is 0.113. The molecule has 5 nitrogen and oxygen atoms in total. The minimum Gasteiger partial charge on any atom is -0.399 e. The number of benzene rings is 2. The quantitative estimate of drug-likeness (QED) is 0.435. The molecular formula is C14H11N3O2S. The van der Waals surface area contributed by atoms with Crippen LogP contribution in [-0.2, 0) is 0 Å². The first kappa shape index (κ1) is 12.6. The monoisotopic (exact) mass is 285 g/mol. The van der Waals surface area contributed by atoms with Crippen molar-refractivity contribution >= 4 is 34.0 Å². The molecule has 0 spiro atoms. The SMILES string of the molecule is Nc1ccc2c(Sc3ccccc3[N+](=O)[O-])c[nH]c2c1. The van der Waals surface area contributed by atoms with Gasteiger partial charge in [0.25, 0.3) is 5.69 Å². The molecule has 3 aromatic rings. The number of rotatable bonds is 3. The van der Waals surface area contributed by atoms with Crippen LogP contribution in [0.2, 0.25) is 0 Å². The number of nitro groups is 1. The predicted molar refractivity (Wildman–Crippen MR) is 79.9 cm³/mol. The number of nitrogen functional groups attached to an aromatic ring is 1. The van der Waals surface area contributed by atoms with Crippen LogP contribution in [0.15, 0.2) is 58.5 Å². The molecular weight excluding hydrogens is 274 g/mol. The number of hydrogen-bond donors (Lipinski definition) is 2. The van der Waals surface area contributed by atoms with Gasteiger partial charge in [-0.2, -0.15) is 0 Å². The zero-order valence-corrected chi connectivity index (χ0v) is 11.2. The largest absolute Gasteiger partial charge is 0.399 e. The van der Waals surface area contributed by atoms with Gasteiger partial charge in [-0.05, 0) is 24.3 Å². The average Bonchev–Trinajstić information content (AvgIpc) is 2.81. The lowest BCUT2D eigenvalue weighted by molar-refractivity contribution is -0.387. The Hall–Kier alpha value is -2.47. The molecule has 0 unspecified atom stereocenters. The molecule has 3 rings (SSSR count). The highest BCUT2D eigenvalue weighted by atomic mass is 32.2. The normalized spacial score (nSPS) is 10.8. The van der Waals surface area contributed by atoms with Gasteiger partial charge >= 0.3 is 0 Å². The predicted octanol–water partition coefficient (Wildman–Crippen LogP) is 3.81. The number of nitrogens with zero attached hydrogens (tertiary/aromatic N) is 1. The van der Waals surface area contributed by atoms with Gasteiger partial charge in [0.2, 0.25) is 0 Å². The summed E-state index contributed by atoms with van der Waals surface area (Å²) in [6.45, 7) is 0. The van der Waals surface area contributed by atoms with Crippen LogP contribution in [0.4, 0.5) is 11.4 Å². The van der Waals surface area contributed by atoms with Crippen LogP contribution in [0, 0.1) is 10.1 Å². The summed E-state index contributed by atoms with van der Waals surface area (Å²) >= 11 is 1.37. The molecule has 0 fully saturated rings. The third-order valence-electron chi connectivity index (χ3n) is 2.95. The Bertz CT molecular complexity index is 798. The topological polar surface area (TPSA) is 84.9 Å².